The van der Waals surface area contributed by atoms with Gasteiger partial charge in [-0.1, -0.05) is 0 Å². The summed E-state index contributed by atoms with van der Waals surface area (Å²) in [5.74, 6) is 0.189. The molecule has 0 spiro atoms. The van der Waals surface area contributed by atoms with Crippen molar-refractivity contribution in [3.63, 3.8) is 0 Å². The Balaban J connectivity index is 2.44. The van der Waals surface area contributed by atoms with E-state index in [-0.39, 0.29) is 12.4 Å². The zero-order valence-corrected chi connectivity index (χ0v) is 9.25. The zero-order chi connectivity index (χ0) is 10.8. The van der Waals surface area contributed by atoms with Crippen molar-refractivity contribution in [1.82, 2.24) is 9.97 Å². The van der Waals surface area contributed by atoms with Crippen LogP contribution in [0.25, 0.3) is 11.3 Å². The average molecular weight is 271 g/mol. The van der Waals surface area contributed by atoms with E-state index in [1.165, 1.54) is 12.1 Å². The molecule has 2 aromatic rings. The third kappa shape index (κ3) is 2.08. The van der Waals surface area contributed by atoms with Gasteiger partial charge < -0.3 is 10.1 Å². The van der Waals surface area contributed by atoms with E-state index in [0.717, 1.165) is 11.3 Å². The minimum Gasteiger partial charge on any atom is -0.388 e. The first kappa shape index (κ1) is 10.3. The van der Waals surface area contributed by atoms with Crippen molar-refractivity contribution >= 4 is 15.9 Å². The van der Waals surface area contributed by atoms with Crippen LogP contribution in [0.5, 0.6) is 0 Å². The Kier molecular flexibility index (Phi) is 2.83. The van der Waals surface area contributed by atoms with Crippen LogP contribution in [-0.4, -0.2) is 15.1 Å². The maximum Gasteiger partial charge on any atom is 0.132 e. The number of benzene rings is 1. The molecule has 3 nitrogen and oxygen atoms in total. The Morgan fingerprint density at radius 1 is 1.47 bits per heavy atom. The first-order chi connectivity index (χ1) is 7.20. The quantitative estimate of drug-likeness (QED) is 0.881. The molecule has 1 aromatic carbocycles. The van der Waals surface area contributed by atoms with Gasteiger partial charge in [0.05, 0.1) is 11.9 Å². The van der Waals surface area contributed by atoms with E-state index in [1.54, 1.807) is 12.3 Å². The van der Waals surface area contributed by atoms with Gasteiger partial charge in [-0.15, -0.1) is 0 Å². The SMILES string of the molecule is OCc1ncc(-c2ccc(F)cc2Br)[nH]1. The monoisotopic (exact) mass is 270 g/mol. The predicted octanol–water partition coefficient (Wildman–Crippen LogP) is 2.47. The van der Waals surface area contributed by atoms with E-state index in [0.29, 0.717) is 10.3 Å². The maximum absolute atomic E-state index is 12.8. The van der Waals surface area contributed by atoms with Crippen molar-refractivity contribution in [1.29, 1.82) is 0 Å². The smallest absolute Gasteiger partial charge is 0.132 e. The van der Waals surface area contributed by atoms with E-state index >= 15 is 0 Å². The van der Waals surface area contributed by atoms with Gasteiger partial charge in [0.15, 0.2) is 0 Å². The lowest BCUT2D eigenvalue weighted by Gasteiger charge is -2.00. The lowest BCUT2D eigenvalue weighted by molar-refractivity contribution is 0.272. The number of halogens is 2. The Morgan fingerprint density at radius 3 is 2.87 bits per heavy atom. The summed E-state index contributed by atoms with van der Waals surface area (Å²) in [5.41, 5.74) is 1.55. The van der Waals surface area contributed by atoms with Crippen LogP contribution >= 0.6 is 15.9 Å². The van der Waals surface area contributed by atoms with Crippen molar-refractivity contribution in [2.24, 2.45) is 0 Å². The van der Waals surface area contributed by atoms with Gasteiger partial charge in [0, 0.05) is 10.0 Å². The van der Waals surface area contributed by atoms with E-state index in [9.17, 15) is 4.39 Å². The number of hydrogen-bond donors (Lipinski definition) is 2. The van der Waals surface area contributed by atoms with Crippen molar-refractivity contribution in [2.75, 3.05) is 0 Å². The second-order valence-corrected chi connectivity index (χ2v) is 3.88. The summed E-state index contributed by atoms with van der Waals surface area (Å²) in [4.78, 5) is 6.88. The third-order valence-corrected chi connectivity index (χ3v) is 2.66. The van der Waals surface area contributed by atoms with Crippen molar-refractivity contribution < 1.29 is 9.50 Å². The van der Waals surface area contributed by atoms with Gasteiger partial charge in [0.2, 0.25) is 0 Å². The van der Waals surface area contributed by atoms with Crippen LogP contribution in [0.4, 0.5) is 4.39 Å². The van der Waals surface area contributed by atoms with Crippen molar-refractivity contribution in [3.05, 3.63) is 40.5 Å². The van der Waals surface area contributed by atoms with Crippen LogP contribution in [0.1, 0.15) is 5.82 Å². The molecule has 0 saturated carbocycles. The molecule has 0 aliphatic heterocycles. The Labute approximate surface area is 94.1 Å². The van der Waals surface area contributed by atoms with Gasteiger partial charge in [-0.2, -0.15) is 0 Å². The molecular formula is C10H8BrFN2O. The van der Waals surface area contributed by atoms with Gasteiger partial charge in [-0.05, 0) is 34.1 Å². The minimum absolute atomic E-state index is 0.140. The molecule has 0 aliphatic rings. The van der Waals surface area contributed by atoms with Gasteiger partial charge in [0.1, 0.15) is 18.2 Å². The first-order valence-electron chi connectivity index (χ1n) is 4.31. The lowest BCUT2D eigenvalue weighted by Crippen LogP contribution is -1.86. The van der Waals surface area contributed by atoms with Crippen LogP contribution in [0.3, 0.4) is 0 Å². The number of hydrogen-bond acceptors (Lipinski definition) is 2. The number of aromatic nitrogens is 2. The van der Waals surface area contributed by atoms with Gasteiger partial charge >= 0.3 is 0 Å². The molecule has 0 aliphatic carbocycles. The number of H-pyrrole nitrogens is 1. The van der Waals surface area contributed by atoms with E-state index in [4.69, 9.17) is 5.11 Å². The average Bonchev–Trinajstić information content (AvgIpc) is 2.66. The number of nitrogens with zero attached hydrogens (tertiary/aromatic N) is 1. The molecule has 0 saturated heterocycles. The second kappa shape index (κ2) is 4.12. The topological polar surface area (TPSA) is 48.9 Å². The summed E-state index contributed by atoms with van der Waals surface area (Å²) >= 11 is 3.26. The molecule has 2 rings (SSSR count). The highest BCUT2D eigenvalue weighted by Crippen LogP contribution is 2.27. The van der Waals surface area contributed by atoms with Crippen LogP contribution < -0.4 is 0 Å². The molecule has 0 radical (unpaired) electrons. The third-order valence-electron chi connectivity index (χ3n) is 2.00. The Morgan fingerprint density at radius 2 is 2.27 bits per heavy atom. The first-order valence-corrected chi connectivity index (χ1v) is 5.10. The number of rotatable bonds is 2. The standard InChI is InChI=1S/C10H8BrFN2O/c11-8-3-6(12)1-2-7(8)9-4-13-10(5-15)14-9/h1-4,15H,5H2,(H,13,14). The highest BCUT2D eigenvalue weighted by molar-refractivity contribution is 9.10. The molecule has 0 unspecified atom stereocenters. The molecule has 1 aromatic heterocycles. The number of aliphatic hydroxyl groups is 1. The van der Waals surface area contributed by atoms with Gasteiger partial charge in [0.25, 0.3) is 0 Å². The van der Waals surface area contributed by atoms with E-state index in [2.05, 4.69) is 25.9 Å². The Hall–Kier alpha value is -1.20. The normalized spacial score (nSPS) is 10.6. The highest BCUT2D eigenvalue weighted by Gasteiger charge is 2.07. The number of imidazole rings is 1. The zero-order valence-electron chi connectivity index (χ0n) is 7.67. The molecule has 0 amide bonds. The number of aromatic amines is 1. The molecule has 2 N–H and O–H groups in total. The molecule has 1 heterocycles. The molecule has 0 bridgehead atoms. The molecule has 15 heavy (non-hydrogen) atoms. The fraction of sp³-hybridized carbons (Fsp3) is 0.100. The van der Waals surface area contributed by atoms with Crippen LogP contribution in [0, 0.1) is 5.82 Å². The van der Waals surface area contributed by atoms with Crippen LogP contribution in [0.2, 0.25) is 0 Å². The molecule has 5 heteroatoms. The van der Waals surface area contributed by atoms with E-state index in [1.807, 2.05) is 0 Å². The van der Waals surface area contributed by atoms with Crippen LogP contribution in [0.15, 0.2) is 28.9 Å². The highest BCUT2D eigenvalue weighted by atomic mass is 79.9. The molecule has 78 valence electrons. The Bertz CT molecular complexity index is 484. The predicted molar refractivity (Wildman–Crippen MR) is 57.6 cm³/mol. The minimum atomic E-state index is -0.299. The molecule has 0 atom stereocenters. The van der Waals surface area contributed by atoms with Crippen LogP contribution in [-0.2, 0) is 6.61 Å². The second-order valence-electron chi connectivity index (χ2n) is 3.03. The molecule has 0 fully saturated rings. The van der Waals surface area contributed by atoms with Gasteiger partial charge in [-0.3, -0.25) is 0 Å². The number of aliphatic hydroxyl groups excluding tert-OH is 1. The van der Waals surface area contributed by atoms with Gasteiger partial charge in [-0.25, -0.2) is 9.37 Å². The summed E-state index contributed by atoms with van der Waals surface area (Å²) in [6.45, 7) is -0.140. The summed E-state index contributed by atoms with van der Waals surface area (Å²) < 4.78 is 13.5. The summed E-state index contributed by atoms with van der Waals surface area (Å²) in [7, 11) is 0. The fourth-order valence-corrected chi connectivity index (χ4v) is 1.85. The number of nitrogens with one attached hydrogen (secondary N) is 1. The summed E-state index contributed by atoms with van der Waals surface area (Å²) in [5, 5.41) is 8.85. The van der Waals surface area contributed by atoms with Crippen molar-refractivity contribution in [3.8, 4) is 11.3 Å². The maximum atomic E-state index is 12.8. The van der Waals surface area contributed by atoms with E-state index < -0.39 is 0 Å². The summed E-state index contributed by atoms with van der Waals surface area (Å²) in [6.07, 6.45) is 1.60. The van der Waals surface area contributed by atoms with Crippen molar-refractivity contribution in [2.45, 2.75) is 6.61 Å². The summed E-state index contributed by atoms with van der Waals surface area (Å²) in [6, 6.07) is 4.41. The lowest BCUT2D eigenvalue weighted by atomic mass is 10.2. The fourth-order valence-electron chi connectivity index (χ4n) is 1.29. The largest absolute Gasteiger partial charge is 0.388 e. The molecular weight excluding hydrogens is 263 g/mol.